The van der Waals surface area contributed by atoms with Gasteiger partial charge in [-0.1, -0.05) is 5.11 Å². The van der Waals surface area contributed by atoms with Gasteiger partial charge in [0.2, 0.25) is 0 Å². The van der Waals surface area contributed by atoms with Crippen molar-refractivity contribution >= 4 is 5.97 Å². The number of aliphatic hydroxyl groups is 4. The topological polar surface area (TPSA) is 191 Å². The Labute approximate surface area is 119 Å². The zero-order valence-electron chi connectivity index (χ0n) is 11.2. The van der Waals surface area contributed by atoms with Gasteiger partial charge in [-0.3, -0.25) is 0 Å². The Bertz CT molecular complexity index is 430. The molecule has 0 saturated carbocycles. The number of methoxy groups -OCH3 is 1. The Morgan fingerprint density at radius 1 is 1.67 bits per heavy atom. The molecular formula is C10H18N4O7. The molecule has 1 aliphatic rings. The highest BCUT2D eigenvalue weighted by Crippen LogP contribution is 2.30. The zero-order chi connectivity index (χ0) is 16.2. The minimum Gasteiger partial charge on any atom is -0.465 e. The second kappa shape index (κ2) is 7.00. The lowest BCUT2D eigenvalue weighted by molar-refractivity contribution is -0.293. The van der Waals surface area contributed by atoms with Crippen molar-refractivity contribution in [2.45, 2.75) is 42.7 Å². The molecule has 1 rings (SSSR count). The van der Waals surface area contributed by atoms with Crippen LogP contribution < -0.4 is 5.73 Å². The van der Waals surface area contributed by atoms with E-state index >= 15 is 0 Å². The molecule has 0 aromatic carbocycles. The Balaban J connectivity index is 2.92. The molecule has 21 heavy (non-hydrogen) atoms. The molecule has 0 amide bonds. The summed E-state index contributed by atoms with van der Waals surface area (Å²) >= 11 is 0. The molecule has 0 aromatic heterocycles. The molecule has 6 atom stereocenters. The van der Waals surface area contributed by atoms with Gasteiger partial charge in [-0.25, -0.2) is 4.79 Å². The number of aliphatic hydroxyl groups excluding tert-OH is 3. The maximum absolute atomic E-state index is 11.5. The normalized spacial score (nSPS) is 35.4. The van der Waals surface area contributed by atoms with Crippen molar-refractivity contribution < 1.29 is 34.7 Å². The van der Waals surface area contributed by atoms with Crippen molar-refractivity contribution in [3.05, 3.63) is 10.4 Å². The van der Waals surface area contributed by atoms with Crippen LogP contribution in [0.15, 0.2) is 5.11 Å². The number of carbonyl (C=O) groups is 1. The van der Waals surface area contributed by atoms with E-state index < -0.39 is 55.2 Å². The SMILES string of the molecule is COC(=O)[C@@]1(O)CC(O)[C@@H](N)C(C(O)C(O)CN=[N+]=[N-])O1. The van der Waals surface area contributed by atoms with E-state index in [0.29, 0.717) is 0 Å². The van der Waals surface area contributed by atoms with Gasteiger partial charge in [0.1, 0.15) is 12.2 Å². The molecule has 6 N–H and O–H groups in total. The van der Waals surface area contributed by atoms with E-state index in [4.69, 9.17) is 16.0 Å². The third-order valence-electron chi connectivity index (χ3n) is 3.21. The highest BCUT2D eigenvalue weighted by Gasteiger charge is 2.52. The van der Waals surface area contributed by atoms with Crippen LogP contribution in [0.3, 0.4) is 0 Å². The fourth-order valence-corrected chi connectivity index (χ4v) is 2.03. The van der Waals surface area contributed by atoms with Crippen molar-refractivity contribution in [2.24, 2.45) is 10.8 Å². The zero-order valence-corrected chi connectivity index (χ0v) is 11.2. The van der Waals surface area contributed by atoms with Crippen LogP contribution in [0.2, 0.25) is 0 Å². The Morgan fingerprint density at radius 3 is 2.81 bits per heavy atom. The van der Waals surface area contributed by atoms with Gasteiger partial charge in [-0.15, -0.1) is 0 Å². The van der Waals surface area contributed by atoms with E-state index in [-0.39, 0.29) is 0 Å². The summed E-state index contributed by atoms with van der Waals surface area (Å²) in [6.45, 7) is -0.475. The van der Waals surface area contributed by atoms with E-state index in [0.717, 1.165) is 7.11 Å². The lowest BCUT2D eigenvalue weighted by Crippen LogP contribution is -2.65. The standard InChI is InChI=1S/C10H18N4O7/c1-20-9(18)10(19)2-4(15)6(11)8(21-10)7(17)5(16)3-13-14-12/h4-8,15-17,19H,2-3,11H2,1H3/t4?,5?,6-,7?,8?,10-/m1/s1. The van der Waals surface area contributed by atoms with Gasteiger partial charge < -0.3 is 35.6 Å². The molecule has 0 radical (unpaired) electrons. The smallest absolute Gasteiger partial charge is 0.366 e. The van der Waals surface area contributed by atoms with Crippen LogP contribution in [0.5, 0.6) is 0 Å². The van der Waals surface area contributed by atoms with Gasteiger partial charge >= 0.3 is 5.97 Å². The van der Waals surface area contributed by atoms with Crippen LogP contribution >= 0.6 is 0 Å². The van der Waals surface area contributed by atoms with Crippen LogP contribution in [0.4, 0.5) is 0 Å². The fraction of sp³-hybridized carbons (Fsp3) is 0.900. The van der Waals surface area contributed by atoms with Crippen LogP contribution in [0, 0.1) is 0 Å². The van der Waals surface area contributed by atoms with E-state index in [1.54, 1.807) is 0 Å². The van der Waals surface area contributed by atoms with Gasteiger partial charge in [0, 0.05) is 11.3 Å². The van der Waals surface area contributed by atoms with Gasteiger partial charge in [-0.2, -0.15) is 0 Å². The molecule has 1 aliphatic heterocycles. The summed E-state index contributed by atoms with van der Waals surface area (Å²) in [4.78, 5) is 13.9. The third kappa shape index (κ3) is 3.80. The van der Waals surface area contributed by atoms with Gasteiger partial charge in [0.05, 0.1) is 31.9 Å². The molecule has 1 fully saturated rings. The first-order chi connectivity index (χ1) is 9.76. The van der Waals surface area contributed by atoms with E-state index in [2.05, 4.69) is 14.8 Å². The van der Waals surface area contributed by atoms with Crippen LogP contribution in [-0.4, -0.2) is 76.3 Å². The molecule has 11 heteroatoms. The molecule has 11 nitrogen and oxygen atoms in total. The Hall–Kier alpha value is -1.46. The number of nitrogens with zero attached hydrogens (tertiary/aromatic N) is 3. The maximum Gasteiger partial charge on any atom is 0.366 e. The number of hydrogen-bond donors (Lipinski definition) is 5. The summed E-state index contributed by atoms with van der Waals surface area (Å²) in [6, 6.07) is -1.18. The monoisotopic (exact) mass is 306 g/mol. The number of rotatable bonds is 5. The lowest BCUT2D eigenvalue weighted by Gasteiger charge is -2.43. The molecular weight excluding hydrogens is 288 g/mol. The van der Waals surface area contributed by atoms with Gasteiger partial charge in [0.15, 0.2) is 0 Å². The summed E-state index contributed by atoms with van der Waals surface area (Å²) in [5.74, 6) is -3.66. The summed E-state index contributed by atoms with van der Waals surface area (Å²) in [5, 5.41) is 42.5. The second-order valence-electron chi connectivity index (χ2n) is 4.68. The predicted octanol–water partition coefficient (Wildman–Crippen LogP) is -2.64. The predicted molar refractivity (Wildman–Crippen MR) is 66.5 cm³/mol. The summed E-state index contributed by atoms with van der Waals surface area (Å²) in [6.07, 6.45) is -6.65. The number of carbonyl (C=O) groups excluding carboxylic acids is 1. The van der Waals surface area contributed by atoms with Crippen molar-refractivity contribution in [2.75, 3.05) is 13.7 Å². The average Bonchev–Trinajstić information content (AvgIpc) is 2.46. The molecule has 0 aliphatic carbocycles. The molecule has 0 bridgehead atoms. The summed E-state index contributed by atoms with van der Waals surface area (Å²) < 4.78 is 9.38. The quantitative estimate of drug-likeness (QED) is 0.157. The number of ether oxygens (including phenoxy) is 2. The number of esters is 1. The first kappa shape index (κ1) is 17.6. The van der Waals surface area contributed by atoms with Crippen molar-refractivity contribution in [1.82, 2.24) is 0 Å². The third-order valence-corrected chi connectivity index (χ3v) is 3.21. The van der Waals surface area contributed by atoms with E-state index in [9.17, 15) is 25.2 Å². The van der Waals surface area contributed by atoms with Crippen LogP contribution in [0.1, 0.15) is 6.42 Å². The first-order valence-corrected chi connectivity index (χ1v) is 6.06. The summed E-state index contributed by atoms with van der Waals surface area (Å²) in [5.41, 5.74) is 13.8. The molecule has 0 aromatic rings. The number of hydrogen-bond acceptors (Lipinski definition) is 9. The van der Waals surface area contributed by atoms with Gasteiger partial charge in [0.25, 0.3) is 5.79 Å². The van der Waals surface area contributed by atoms with E-state index in [1.807, 2.05) is 0 Å². The molecule has 4 unspecified atom stereocenters. The lowest BCUT2D eigenvalue weighted by atomic mass is 9.89. The Kier molecular flexibility index (Phi) is 5.87. The molecule has 1 heterocycles. The maximum atomic E-state index is 11.5. The minimum atomic E-state index is -2.49. The van der Waals surface area contributed by atoms with Gasteiger partial charge in [-0.05, 0) is 5.53 Å². The Morgan fingerprint density at radius 2 is 2.29 bits per heavy atom. The highest BCUT2D eigenvalue weighted by molar-refractivity contribution is 5.77. The largest absolute Gasteiger partial charge is 0.465 e. The van der Waals surface area contributed by atoms with Crippen molar-refractivity contribution in [1.29, 1.82) is 0 Å². The van der Waals surface area contributed by atoms with Crippen LogP contribution in [-0.2, 0) is 14.3 Å². The van der Waals surface area contributed by atoms with Crippen molar-refractivity contribution in [3.8, 4) is 0 Å². The minimum absolute atomic E-state index is 0.475. The first-order valence-electron chi connectivity index (χ1n) is 6.06. The molecule has 1 saturated heterocycles. The molecule has 120 valence electrons. The fourth-order valence-electron chi connectivity index (χ4n) is 2.03. The summed E-state index contributed by atoms with van der Waals surface area (Å²) in [7, 11) is 1.01. The highest BCUT2D eigenvalue weighted by atomic mass is 16.7. The molecule has 0 spiro atoms. The number of nitrogens with two attached hydrogens (primary N) is 1. The van der Waals surface area contributed by atoms with Crippen molar-refractivity contribution in [3.63, 3.8) is 0 Å². The average molecular weight is 306 g/mol. The second-order valence-corrected chi connectivity index (χ2v) is 4.68. The van der Waals surface area contributed by atoms with E-state index in [1.165, 1.54) is 0 Å². The van der Waals surface area contributed by atoms with Crippen LogP contribution in [0.25, 0.3) is 10.4 Å². The number of azide groups is 1.